The highest BCUT2D eigenvalue weighted by molar-refractivity contribution is 6.22. The minimum atomic E-state index is -0.454. The van der Waals surface area contributed by atoms with Crippen LogP contribution in [0.3, 0.4) is 0 Å². The molecule has 1 atom stereocenters. The molecule has 146 valence electrons. The molecule has 0 unspecified atom stereocenters. The van der Waals surface area contributed by atoms with Gasteiger partial charge in [0, 0.05) is 37.9 Å². The number of benzene rings is 2. The van der Waals surface area contributed by atoms with Crippen molar-refractivity contribution in [3.8, 4) is 5.75 Å². The van der Waals surface area contributed by atoms with Crippen LogP contribution in [-0.2, 0) is 9.59 Å². The molecule has 0 N–H and O–H groups in total. The second-order valence-corrected chi connectivity index (χ2v) is 6.99. The number of ether oxygens (including phenoxy) is 1. The van der Waals surface area contributed by atoms with Crippen molar-refractivity contribution in [2.45, 2.75) is 12.5 Å². The maximum absolute atomic E-state index is 13.2. The van der Waals surface area contributed by atoms with Crippen molar-refractivity contribution in [1.82, 2.24) is 4.90 Å². The van der Waals surface area contributed by atoms with Gasteiger partial charge in [0.15, 0.2) is 0 Å². The fourth-order valence-electron chi connectivity index (χ4n) is 3.86. The number of methoxy groups -OCH3 is 1. The van der Waals surface area contributed by atoms with Crippen molar-refractivity contribution in [3.63, 3.8) is 0 Å². The Morgan fingerprint density at radius 2 is 1.68 bits per heavy atom. The van der Waals surface area contributed by atoms with Crippen LogP contribution in [0.15, 0.2) is 48.5 Å². The molecule has 2 heterocycles. The van der Waals surface area contributed by atoms with Crippen molar-refractivity contribution in [2.24, 2.45) is 0 Å². The number of piperazine rings is 1. The molecule has 2 aliphatic heterocycles. The van der Waals surface area contributed by atoms with Crippen molar-refractivity contribution < 1.29 is 18.7 Å². The topological polar surface area (TPSA) is 53.1 Å². The summed E-state index contributed by atoms with van der Waals surface area (Å²) in [6.07, 6.45) is 0.162. The van der Waals surface area contributed by atoms with Gasteiger partial charge < -0.3 is 9.64 Å². The molecule has 2 aromatic carbocycles. The summed E-state index contributed by atoms with van der Waals surface area (Å²) in [4.78, 5) is 30.8. The van der Waals surface area contributed by atoms with Crippen molar-refractivity contribution in [3.05, 3.63) is 54.3 Å². The first-order valence-corrected chi connectivity index (χ1v) is 9.32. The standard InChI is InChI=1S/C21H22FN3O3/c1-28-18-4-2-3-17(13-18)23-9-11-24(12-10-23)19-14-20(26)25(21(19)27)16-7-5-15(22)6-8-16/h2-8,13,19H,9-12,14H2,1H3/t19-/m0/s1. The number of hydrogen-bond donors (Lipinski definition) is 0. The molecule has 2 saturated heterocycles. The Hall–Kier alpha value is -2.93. The van der Waals surface area contributed by atoms with Crippen molar-refractivity contribution in [2.75, 3.05) is 43.1 Å². The van der Waals surface area contributed by atoms with E-state index in [1.165, 1.54) is 29.2 Å². The monoisotopic (exact) mass is 383 g/mol. The van der Waals surface area contributed by atoms with Crippen LogP contribution in [0.1, 0.15) is 6.42 Å². The first-order chi connectivity index (χ1) is 13.6. The summed E-state index contributed by atoms with van der Waals surface area (Å²) < 4.78 is 18.4. The average molecular weight is 383 g/mol. The normalized spacial score (nSPS) is 20.7. The van der Waals surface area contributed by atoms with Crippen LogP contribution in [0.25, 0.3) is 0 Å². The lowest BCUT2D eigenvalue weighted by molar-refractivity contribution is -0.123. The zero-order valence-corrected chi connectivity index (χ0v) is 15.7. The van der Waals surface area contributed by atoms with E-state index < -0.39 is 11.9 Å². The highest BCUT2D eigenvalue weighted by Crippen LogP contribution is 2.28. The average Bonchev–Trinajstić information content (AvgIpc) is 3.03. The second-order valence-electron chi connectivity index (χ2n) is 6.99. The van der Waals surface area contributed by atoms with Gasteiger partial charge in [-0.15, -0.1) is 0 Å². The lowest BCUT2D eigenvalue weighted by Crippen LogP contribution is -2.52. The van der Waals surface area contributed by atoms with E-state index >= 15 is 0 Å². The predicted octanol–water partition coefficient (Wildman–Crippen LogP) is 2.29. The molecule has 0 aromatic heterocycles. The molecule has 0 aliphatic carbocycles. The van der Waals surface area contributed by atoms with Crippen molar-refractivity contribution in [1.29, 1.82) is 0 Å². The lowest BCUT2D eigenvalue weighted by atomic mass is 10.1. The van der Waals surface area contributed by atoms with E-state index in [-0.39, 0.29) is 18.2 Å². The van der Waals surface area contributed by atoms with Crippen LogP contribution < -0.4 is 14.5 Å². The Morgan fingerprint density at radius 3 is 2.36 bits per heavy atom. The molecule has 0 saturated carbocycles. The van der Waals surface area contributed by atoms with Gasteiger partial charge in [0.1, 0.15) is 11.6 Å². The molecule has 2 aromatic rings. The number of rotatable bonds is 4. The summed E-state index contributed by atoms with van der Waals surface area (Å²) in [6.45, 7) is 2.92. The van der Waals surface area contributed by atoms with Crippen LogP contribution in [0, 0.1) is 5.82 Å². The maximum Gasteiger partial charge on any atom is 0.251 e. The number of anilines is 2. The molecular formula is C21H22FN3O3. The summed E-state index contributed by atoms with van der Waals surface area (Å²) in [6, 6.07) is 12.9. The van der Waals surface area contributed by atoms with Crippen LogP contribution in [0.5, 0.6) is 5.75 Å². The number of hydrogen-bond acceptors (Lipinski definition) is 5. The quantitative estimate of drug-likeness (QED) is 0.759. The summed E-state index contributed by atoms with van der Waals surface area (Å²) in [5.74, 6) is -0.0530. The minimum Gasteiger partial charge on any atom is -0.497 e. The largest absolute Gasteiger partial charge is 0.497 e. The van der Waals surface area contributed by atoms with Gasteiger partial charge in [0.25, 0.3) is 5.91 Å². The molecule has 4 rings (SSSR count). The summed E-state index contributed by atoms with van der Waals surface area (Å²) in [7, 11) is 1.65. The van der Waals surface area contributed by atoms with Crippen LogP contribution >= 0.6 is 0 Å². The van der Waals surface area contributed by atoms with Crippen LogP contribution in [0.2, 0.25) is 0 Å². The van der Waals surface area contributed by atoms with E-state index in [1.807, 2.05) is 24.3 Å². The van der Waals surface area contributed by atoms with E-state index in [9.17, 15) is 14.0 Å². The number of imide groups is 1. The van der Waals surface area contributed by atoms with Crippen LogP contribution in [0.4, 0.5) is 15.8 Å². The van der Waals surface area contributed by atoms with Gasteiger partial charge in [0.05, 0.1) is 25.3 Å². The lowest BCUT2D eigenvalue weighted by Gasteiger charge is -2.38. The molecule has 28 heavy (non-hydrogen) atoms. The van der Waals surface area contributed by atoms with Crippen molar-refractivity contribution >= 4 is 23.2 Å². The van der Waals surface area contributed by atoms with Gasteiger partial charge >= 0.3 is 0 Å². The van der Waals surface area contributed by atoms with E-state index in [1.54, 1.807) is 7.11 Å². The number of nitrogens with zero attached hydrogens (tertiary/aromatic N) is 3. The molecule has 0 radical (unpaired) electrons. The van der Waals surface area contributed by atoms with Crippen LogP contribution in [-0.4, -0.2) is 56.0 Å². The highest BCUT2D eigenvalue weighted by Gasteiger charge is 2.43. The molecule has 6 nitrogen and oxygen atoms in total. The number of halogens is 1. The Morgan fingerprint density at radius 1 is 0.964 bits per heavy atom. The first-order valence-electron chi connectivity index (χ1n) is 9.32. The van der Waals surface area contributed by atoms with E-state index in [0.717, 1.165) is 24.5 Å². The second kappa shape index (κ2) is 7.59. The van der Waals surface area contributed by atoms with E-state index in [2.05, 4.69) is 9.80 Å². The maximum atomic E-state index is 13.2. The summed E-state index contributed by atoms with van der Waals surface area (Å²) in [5.41, 5.74) is 1.51. The molecule has 0 spiro atoms. The van der Waals surface area contributed by atoms with E-state index in [4.69, 9.17) is 4.74 Å². The third-order valence-electron chi connectivity index (χ3n) is 5.38. The van der Waals surface area contributed by atoms with E-state index in [0.29, 0.717) is 18.8 Å². The van der Waals surface area contributed by atoms with Gasteiger partial charge in [-0.25, -0.2) is 9.29 Å². The fourth-order valence-corrected chi connectivity index (χ4v) is 3.86. The minimum absolute atomic E-state index is 0.162. The smallest absolute Gasteiger partial charge is 0.251 e. The molecule has 2 fully saturated rings. The highest BCUT2D eigenvalue weighted by atomic mass is 19.1. The molecular weight excluding hydrogens is 361 g/mol. The van der Waals surface area contributed by atoms with Gasteiger partial charge in [-0.2, -0.15) is 0 Å². The number of amides is 2. The molecule has 7 heteroatoms. The SMILES string of the molecule is COc1cccc(N2CCN([C@H]3CC(=O)N(c4ccc(F)cc4)C3=O)CC2)c1. The fraction of sp³-hybridized carbons (Fsp3) is 0.333. The Kier molecular flexibility index (Phi) is 5.00. The first kappa shape index (κ1) is 18.4. The third kappa shape index (κ3) is 3.45. The molecule has 0 bridgehead atoms. The Balaban J connectivity index is 1.42. The Labute approximate surface area is 163 Å². The molecule has 2 amide bonds. The van der Waals surface area contributed by atoms with Gasteiger partial charge in [0.2, 0.25) is 5.91 Å². The molecule has 2 aliphatic rings. The number of carbonyl (C=O) groups excluding carboxylic acids is 2. The third-order valence-corrected chi connectivity index (χ3v) is 5.38. The zero-order chi connectivity index (χ0) is 19.7. The summed E-state index contributed by atoms with van der Waals surface area (Å²) in [5, 5.41) is 0. The van der Waals surface area contributed by atoms with Gasteiger partial charge in [-0.05, 0) is 36.4 Å². The summed E-state index contributed by atoms with van der Waals surface area (Å²) >= 11 is 0. The van der Waals surface area contributed by atoms with Gasteiger partial charge in [-0.3, -0.25) is 14.5 Å². The van der Waals surface area contributed by atoms with Gasteiger partial charge in [-0.1, -0.05) is 6.07 Å². The Bertz CT molecular complexity index is 879. The number of carbonyl (C=O) groups is 2. The predicted molar refractivity (Wildman–Crippen MR) is 104 cm³/mol. The zero-order valence-electron chi connectivity index (χ0n) is 15.7.